The van der Waals surface area contributed by atoms with Crippen molar-refractivity contribution in [3.05, 3.63) is 30.3 Å². The molecule has 0 heterocycles. The van der Waals surface area contributed by atoms with Gasteiger partial charge in [-0.1, -0.05) is 69.9 Å². The maximum absolute atomic E-state index is 4.13. The van der Waals surface area contributed by atoms with Crippen molar-refractivity contribution in [2.75, 3.05) is 0 Å². The van der Waals surface area contributed by atoms with E-state index >= 15 is 0 Å². The monoisotopic (exact) mass is 298 g/mol. The van der Waals surface area contributed by atoms with E-state index in [2.05, 4.69) is 59.5 Å². The molecule has 0 nitrogen and oxygen atoms in total. The summed E-state index contributed by atoms with van der Waals surface area (Å²) in [5.74, 6) is 0. The quantitative estimate of drug-likeness (QED) is 0.499. The molecule has 1 aromatic rings. The highest BCUT2D eigenvalue weighted by Crippen LogP contribution is 2.27. The third kappa shape index (κ3) is 4.06. The van der Waals surface area contributed by atoms with Crippen LogP contribution in [0.3, 0.4) is 0 Å². The maximum Gasteiger partial charge on any atom is 0.160 e. The number of halogens is 1. The van der Waals surface area contributed by atoms with Crippen LogP contribution in [-0.2, 0) is 0 Å². The zero-order valence-corrected chi connectivity index (χ0v) is 13.1. The van der Waals surface area contributed by atoms with Crippen LogP contribution in [0.4, 0.5) is 0 Å². The van der Waals surface area contributed by atoms with Crippen molar-refractivity contribution in [1.29, 1.82) is 0 Å². The Balaban J connectivity index is 2.77. The first-order chi connectivity index (χ1) is 7.73. The molecule has 2 heteroatoms. The van der Waals surface area contributed by atoms with Crippen LogP contribution in [0.5, 0.6) is 0 Å². The Hall–Kier alpha value is -0.0831. The van der Waals surface area contributed by atoms with Crippen LogP contribution >= 0.6 is 15.3 Å². The van der Waals surface area contributed by atoms with Crippen molar-refractivity contribution in [2.45, 2.75) is 51.6 Å². The Morgan fingerprint density at radius 3 is 1.88 bits per heavy atom. The summed E-state index contributed by atoms with van der Waals surface area (Å²) in [6, 6.07) is 13.9. The molecule has 90 valence electrons. The lowest BCUT2D eigenvalue weighted by Gasteiger charge is -2.25. The molecule has 0 aliphatic rings. The molecule has 0 aromatic heterocycles. The van der Waals surface area contributed by atoms with E-state index in [0.29, 0.717) is 0 Å². The second-order valence-electron chi connectivity index (χ2n) is 4.54. The maximum atomic E-state index is 4.13. The first-order valence-electron chi connectivity index (χ1n) is 6.47. The molecule has 0 saturated heterocycles. The molecule has 0 aliphatic carbocycles. The summed E-state index contributed by atoms with van der Waals surface area (Å²) in [4.78, 5) is 0. The Morgan fingerprint density at radius 2 is 1.44 bits per heavy atom. The zero-order chi connectivity index (χ0) is 11.9. The summed E-state index contributed by atoms with van der Waals surface area (Å²) >= 11 is 4.13. The van der Waals surface area contributed by atoms with Crippen LogP contribution in [0, 0.1) is 0 Å². The molecule has 0 unspecified atom stereocenters. The first-order valence-corrected chi connectivity index (χ1v) is 11.1. The van der Waals surface area contributed by atoms with Crippen molar-refractivity contribution >= 4 is 27.2 Å². The average Bonchev–Trinajstić information content (AvgIpc) is 2.35. The third-order valence-electron chi connectivity index (χ3n) is 3.14. The Labute approximate surface area is 109 Å². The number of benzene rings is 1. The molecule has 0 bridgehead atoms. The van der Waals surface area contributed by atoms with Gasteiger partial charge in [0.2, 0.25) is 0 Å². The van der Waals surface area contributed by atoms with Crippen molar-refractivity contribution in [3.8, 4) is 0 Å². The number of unbranched alkanes of at least 4 members (excludes halogenated alkanes) is 2. The minimum atomic E-state index is -1.35. The number of hydrogen-bond donors (Lipinski definition) is 0. The molecule has 0 amide bonds. The minimum Gasteiger partial charge on any atom is -0.120 e. The molecule has 0 radical (unpaired) electrons. The van der Waals surface area contributed by atoms with Crippen molar-refractivity contribution < 1.29 is 0 Å². The van der Waals surface area contributed by atoms with E-state index in [-0.39, 0.29) is 0 Å². The summed E-state index contributed by atoms with van der Waals surface area (Å²) in [5, 5.41) is 1.58. The van der Waals surface area contributed by atoms with E-state index in [0.717, 1.165) is 0 Å². The van der Waals surface area contributed by atoms with Crippen LogP contribution in [0.15, 0.2) is 30.3 Å². The fourth-order valence-electron chi connectivity index (χ4n) is 2.06. The molecule has 16 heavy (non-hydrogen) atoms. The van der Waals surface area contributed by atoms with Gasteiger partial charge in [-0.05, 0) is 17.3 Å². The third-order valence-corrected chi connectivity index (χ3v) is 10.6. The molecule has 0 aliphatic heterocycles. The van der Waals surface area contributed by atoms with E-state index < -0.39 is 6.69 Å². The van der Waals surface area contributed by atoms with E-state index in [1.165, 1.54) is 37.8 Å². The van der Waals surface area contributed by atoms with E-state index in [4.69, 9.17) is 0 Å². The standard InChI is InChI=1S/C14H23BrSi/c1-3-5-12-16(15,13-6-4-2)14-10-8-7-9-11-14/h7-11H,3-6,12-13H2,1-2H3. The predicted molar refractivity (Wildman–Crippen MR) is 80.2 cm³/mol. The van der Waals surface area contributed by atoms with Gasteiger partial charge in [0.25, 0.3) is 0 Å². The van der Waals surface area contributed by atoms with Gasteiger partial charge >= 0.3 is 0 Å². The fourth-order valence-corrected chi connectivity index (χ4v) is 7.98. The highest BCUT2D eigenvalue weighted by atomic mass is 79.9. The molecular formula is C14H23BrSi. The first kappa shape index (κ1) is 14.0. The lowest BCUT2D eigenvalue weighted by molar-refractivity contribution is 0.843. The summed E-state index contributed by atoms with van der Waals surface area (Å²) in [5.41, 5.74) is 0. The fraction of sp³-hybridized carbons (Fsp3) is 0.571. The molecule has 1 rings (SSSR count). The van der Waals surface area contributed by atoms with Gasteiger partial charge in [0.05, 0.1) is 0 Å². The Kier molecular flexibility index (Phi) is 6.36. The van der Waals surface area contributed by atoms with Crippen LogP contribution in [-0.4, -0.2) is 6.69 Å². The second-order valence-corrected chi connectivity index (χ2v) is 12.6. The Morgan fingerprint density at radius 1 is 0.938 bits per heavy atom. The van der Waals surface area contributed by atoms with Crippen LogP contribution < -0.4 is 5.19 Å². The van der Waals surface area contributed by atoms with Crippen LogP contribution in [0.25, 0.3) is 0 Å². The van der Waals surface area contributed by atoms with Gasteiger partial charge in [-0.25, -0.2) is 0 Å². The highest BCUT2D eigenvalue weighted by Gasteiger charge is 2.30. The molecule has 0 saturated carbocycles. The van der Waals surface area contributed by atoms with E-state index in [1.54, 1.807) is 5.19 Å². The van der Waals surface area contributed by atoms with E-state index in [9.17, 15) is 0 Å². The average molecular weight is 299 g/mol. The van der Waals surface area contributed by atoms with Crippen LogP contribution in [0.2, 0.25) is 12.1 Å². The highest BCUT2D eigenvalue weighted by molar-refractivity contribution is 9.26. The molecule has 1 aromatic carbocycles. The van der Waals surface area contributed by atoms with Gasteiger partial charge in [0.1, 0.15) is 0 Å². The zero-order valence-electron chi connectivity index (χ0n) is 10.5. The van der Waals surface area contributed by atoms with Gasteiger partial charge < -0.3 is 0 Å². The van der Waals surface area contributed by atoms with Gasteiger partial charge in [0.15, 0.2) is 6.69 Å². The molecule has 0 spiro atoms. The van der Waals surface area contributed by atoms with Gasteiger partial charge in [-0.15, -0.1) is 15.3 Å². The largest absolute Gasteiger partial charge is 0.160 e. The van der Waals surface area contributed by atoms with Gasteiger partial charge in [-0.2, -0.15) is 0 Å². The summed E-state index contributed by atoms with van der Waals surface area (Å²) in [7, 11) is 0. The molecule has 0 fully saturated rings. The number of hydrogen-bond acceptors (Lipinski definition) is 0. The minimum absolute atomic E-state index is 1.30. The van der Waals surface area contributed by atoms with E-state index in [1.807, 2.05) is 0 Å². The van der Waals surface area contributed by atoms with Crippen molar-refractivity contribution in [2.24, 2.45) is 0 Å². The van der Waals surface area contributed by atoms with Crippen molar-refractivity contribution in [1.82, 2.24) is 0 Å². The van der Waals surface area contributed by atoms with Crippen LogP contribution in [0.1, 0.15) is 39.5 Å². The Bertz CT molecular complexity index is 276. The number of rotatable bonds is 7. The molecule has 0 N–H and O–H groups in total. The second kappa shape index (κ2) is 7.28. The summed E-state index contributed by atoms with van der Waals surface area (Å²) in [6.07, 6.45) is 5.32. The normalized spacial score (nSPS) is 11.7. The van der Waals surface area contributed by atoms with Crippen molar-refractivity contribution in [3.63, 3.8) is 0 Å². The lowest BCUT2D eigenvalue weighted by atomic mass is 10.4. The van der Waals surface area contributed by atoms with Gasteiger partial charge in [0, 0.05) is 0 Å². The lowest BCUT2D eigenvalue weighted by Crippen LogP contribution is -2.41. The SMILES string of the molecule is CCCC[Si](Br)(CCCC)c1ccccc1. The van der Waals surface area contributed by atoms with Gasteiger partial charge in [-0.3, -0.25) is 0 Å². The molecule has 0 atom stereocenters. The smallest absolute Gasteiger partial charge is 0.120 e. The molecular weight excluding hydrogens is 276 g/mol. The topological polar surface area (TPSA) is 0 Å². The summed E-state index contributed by atoms with van der Waals surface area (Å²) < 4.78 is 0. The summed E-state index contributed by atoms with van der Waals surface area (Å²) in [6.45, 7) is 3.21. The predicted octanol–water partition coefficient (Wildman–Crippen LogP) is 4.83.